The number of pyridine rings is 1. The van der Waals surface area contributed by atoms with Gasteiger partial charge in [0.1, 0.15) is 11.4 Å². The van der Waals surface area contributed by atoms with E-state index in [0.29, 0.717) is 24.4 Å². The molecule has 2 heterocycles. The summed E-state index contributed by atoms with van der Waals surface area (Å²) in [6.45, 7) is 1.51. The number of nitrogens with zero attached hydrogens (tertiary/aromatic N) is 1. The average Bonchev–Trinajstić information content (AvgIpc) is 3.24. The van der Waals surface area contributed by atoms with Crippen LogP contribution in [-0.2, 0) is 11.3 Å². The number of benzene rings is 1. The smallest absolute Gasteiger partial charge is 0.269 e. The number of methoxy groups -OCH3 is 1. The van der Waals surface area contributed by atoms with E-state index in [1.807, 2.05) is 24.3 Å². The third kappa shape index (κ3) is 5.04. The van der Waals surface area contributed by atoms with E-state index in [1.54, 1.807) is 13.2 Å². The maximum Gasteiger partial charge on any atom is 0.269 e. The molecule has 1 saturated heterocycles. The van der Waals surface area contributed by atoms with Crippen LogP contribution < -0.4 is 15.4 Å². The Bertz CT molecular complexity index is 803. The monoisotopic (exact) mass is 369 g/mol. The molecule has 1 aromatic heterocycles. The largest absolute Gasteiger partial charge is 0.496 e. The lowest BCUT2D eigenvalue weighted by molar-refractivity contribution is 0.0853. The summed E-state index contributed by atoms with van der Waals surface area (Å²) in [5.41, 5.74) is 1.46. The Balaban J connectivity index is 1.58. The molecule has 1 aliphatic heterocycles. The molecule has 2 N–H and O–H groups in total. The fourth-order valence-electron chi connectivity index (χ4n) is 2.92. The molecular formula is C20H23N3O4. The van der Waals surface area contributed by atoms with Crippen molar-refractivity contribution < 1.29 is 19.1 Å². The van der Waals surface area contributed by atoms with Gasteiger partial charge in [0.15, 0.2) is 0 Å². The molecule has 7 nitrogen and oxygen atoms in total. The quantitative estimate of drug-likeness (QED) is 0.778. The Morgan fingerprint density at radius 3 is 2.85 bits per heavy atom. The minimum Gasteiger partial charge on any atom is -0.496 e. The van der Waals surface area contributed by atoms with Crippen LogP contribution in [0.25, 0.3) is 0 Å². The maximum absolute atomic E-state index is 12.4. The number of aromatic nitrogens is 1. The van der Waals surface area contributed by atoms with E-state index >= 15 is 0 Å². The fraction of sp³-hybridized carbons (Fsp3) is 0.350. The van der Waals surface area contributed by atoms with Gasteiger partial charge in [0.25, 0.3) is 11.8 Å². The van der Waals surface area contributed by atoms with Crippen molar-refractivity contribution in [1.82, 2.24) is 15.6 Å². The first-order valence-corrected chi connectivity index (χ1v) is 8.93. The van der Waals surface area contributed by atoms with E-state index in [9.17, 15) is 9.59 Å². The molecule has 7 heteroatoms. The highest BCUT2D eigenvalue weighted by atomic mass is 16.5. The molecule has 0 aliphatic carbocycles. The molecule has 142 valence electrons. The summed E-state index contributed by atoms with van der Waals surface area (Å²) >= 11 is 0. The molecule has 0 radical (unpaired) electrons. The SMILES string of the molecule is COc1ccccc1CNC(=O)c1ccnc(C(=O)NCC2CCCO2)c1. The number of amides is 2. The highest BCUT2D eigenvalue weighted by molar-refractivity contribution is 5.98. The first-order valence-electron chi connectivity index (χ1n) is 8.93. The van der Waals surface area contributed by atoms with E-state index in [4.69, 9.17) is 9.47 Å². The van der Waals surface area contributed by atoms with E-state index < -0.39 is 0 Å². The van der Waals surface area contributed by atoms with Gasteiger partial charge in [-0.2, -0.15) is 0 Å². The van der Waals surface area contributed by atoms with Crippen LogP contribution in [0.1, 0.15) is 39.3 Å². The van der Waals surface area contributed by atoms with Crippen LogP contribution in [0.4, 0.5) is 0 Å². The molecule has 3 rings (SSSR count). The Labute approximate surface area is 158 Å². The molecule has 1 unspecified atom stereocenters. The van der Waals surface area contributed by atoms with Gasteiger partial charge in [-0.05, 0) is 31.0 Å². The van der Waals surface area contributed by atoms with Crippen molar-refractivity contribution in [1.29, 1.82) is 0 Å². The van der Waals surface area contributed by atoms with Crippen LogP contribution in [-0.4, -0.2) is 43.2 Å². The second-order valence-electron chi connectivity index (χ2n) is 6.27. The summed E-state index contributed by atoms with van der Waals surface area (Å²) in [5.74, 6) is 0.114. The molecule has 1 aromatic carbocycles. The lowest BCUT2D eigenvalue weighted by Crippen LogP contribution is -2.32. The Morgan fingerprint density at radius 1 is 1.22 bits per heavy atom. The molecule has 1 atom stereocenters. The third-order valence-corrected chi connectivity index (χ3v) is 4.40. The predicted molar refractivity (Wildman–Crippen MR) is 99.7 cm³/mol. The van der Waals surface area contributed by atoms with Crippen molar-refractivity contribution in [2.24, 2.45) is 0 Å². The van der Waals surface area contributed by atoms with Crippen LogP contribution in [0.5, 0.6) is 5.75 Å². The van der Waals surface area contributed by atoms with E-state index in [-0.39, 0.29) is 23.6 Å². The van der Waals surface area contributed by atoms with Crippen LogP contribution in [0, 0.1) is 0 Å². The second-order valence-corrected chi connectivity index (χ2v) is 6.27. The zero-order chi connectivity index (χ0) is 19.1. The Hall–Kier alpha value is -2.93. The molecule has 1 aliphatic rings. The number of para-hydroxylation sites is 1. The molecule has 0 saturated carbocycles. The summed E-state index contributed by atoms with van der Waals surface area (Å²) in [7, 11) is 1.59. The lowest BCUT2D eigenvalue weighted by Gasteiger charge is -2.11. The number of carbonyl (C=O) groups excluding carboxylic acids is 2. The first kappa shape index (κ1) is 18.8. The minimum absolute atomic E-state index is 0.0567. The van der Waals surface area contributed by atoms with Crippen molar-refractivity contribution in [2.45, 2.75) is 25.5 Å². The van der Waals surface area contributed by atoms with Gasteiger partial charge < -0.3 is 20.1 Å². The summed E-state index contributed by atoms with van der Waals surface area (Å²) in [4.78, 5) is 28.7. The molecule has 2 aromatic rings. The van der Waals surface area contributed by atoms with Gasteiger partial charge in [-0.3, -0.25) is 14.6 Å². The molecule has 2 amide bonds. The lowest BCUT2D eigenvalue weighted by atomic mass is 10.1. The summed E-state index contributed by atoms with van der Waals surface area (Å²) in [6, 6.07) is 10.5. The van der Waals surface area contributed by atoms with Crippen LogP contribution >= 0.6 is 0 Å². The molecule has 0 bridgehead atoms. The standard InChI is InChI=1S/C20H23N3O4/c1-26-18-7-3-2-5-15(18)12-22-19(24)14-8-9-21-17(11-14)20(25)23-13-16-6-4-10-27-16/h2-3,5,7-9,11,16H,4,6,10,12-13H2,1H3,(H,22,24)(H,23,25). The highest BCUT2D eigenvalue weighted by Crippen LogP contribution is 2.17. The molecule has 0 spiro atoms. The Morgan fingerprint density at radius 2 is 2.07 bits per heavy atom. The van der Waals surface area contributed by atoms with Crippen molar-refractivity contribution >= 4 is 11.8 Å². The van der Waals surface area contributed by atoms with E-state index in [1.165, 1.54) is 12.3 Å². The maximum atomic E-state index is 12.4. The van der Waals surface area contributed by atoms with Gasteiger partial charge in [0.2, 0.25) is 0 Å². The zero-order valence-corrected chi connectivity index (χ0v) is 15.2. The van der Waals surface area contributed by atoms with Gasteiger partial charge in [-0.1, -0.05) is 18.2 Å². The van der Waals surface area contributed by atoms with Crippen molar-refractivity contribution in [3.05, 3.63) is 59.4 Å². The number of hydrogen-bond donors (Lipinski definition) is 2. The number of nitrogens with one attached hydrogen (secondary N) is 2. The molecule has 27 heavy (non-hydrogen) atoms. The zero-order valence-electron chi connectivity index (χ0n) is 15.2. The second kappa shape index (κ2) is 9.14. The summed E-state index contributed by atoms with van der Waals surface area (Å²) in [5, 5.41) is 5.64. The van der Waals surface area contributed by atoms with Crippen molar-refractivity contribution in [2.75, 3.05) is 20.3 Å². The fourth-order valence-corrected chi connectivity index (χ4v) is 2.92. The Kier molecular flexibility index (Phi) is 6.38. The van der Waals surface area contributed by atoms with Gasteiger partial charge >= 0.3 is 0 Å². The number of hydrogen-bond acceptors (Lipinski definition) is 5. The van der Waals surface area contributed by atoms with Gasteiger partial charge in [0.05, 0.1) is 13.2 Å². The molecule has 1 fully saturated rings. The first-order chi connectivity index (χ1) is 13.2. The highest BCUT2D eigenvalue weighted by Gasteiger charge is 2.18. The normalized spacial score (nSPS) is 16.0. The van der Waals surface area contributed by atoms with Crippen LogP contribution in [0.15, 0.2) is 42.6 Å². The minimum atomic E-state index is -0.315. The van der Waals surface area contributed by atoms with Crippen molar-refractivity contribution in [3.63, 3.8) is 0 Å². The molecular weight excluding hydrogens is 346 g/mol. The van der Waals surface area contributed by atoms with Gasteiger partial charge in [-0.15, -0.1) is 0 Å². The third-order valence-electron chi connectivity index (χ3n) is 4.40. The van der Waals surface area contributed by atoms with Gasteiger partial charge in [-0.25, -0.2) is 0 Å². The number of carbonyl (C=O) groups is 2. The van der Waals surface area contributed by atoms with Gasteiger partial charge in [0, 0.05) is 37.0 Å². The topological polar surface area (TPSA) is 89.5 Å². The summed E-state index contributed by atoms with van der Waals surface area (Å²) in [6.07, 6.45) is 3.47. The van der Waals surface area contributed by atoms with E-state index in [2.05, 4.69) is 15.6 Å². The summed E-state index contributed by atoms with van der Waals surface area (Å²) < 4.78 is 10.8. The average molecular weight is 369 g/mol. The number of ether oxygens (including phenoxy) is 2. The van der Waals surface area contributed by atoms with Crippen LogP contribution in [0.2, 0.25) is 0 Å². The number of rotatable bonds is 7. The van der Waals surface area contributed by atoms with Crippen LogP contribution in [0.3, 0.4) is 0 Å². The van der Waals surface area contributed by atoms with Crippen molar-refractivity contribution in [3.8, 4) is 5.75 Å². The van der Waals surface area contributed by atoms with E-state index in [0.717, 1.165) is 25.0 Å². The predicted octanol–water partition coefficient (Wildman–Crippen LogP) is 1.93.